The number of sulfonamides is 1. The van der Waals surface area contributed by atoms with Gasteiger partial charge in [0.15, 0.2) is 0 Å². The van der Waals surface area contributed by atoms with E-state index in [4.69, 9.17) is 4.74 Å². The highest BCUT2D eigenvalue weighted by Gasteiger charge is 2.28. The monoisotopic (exact) mass is 476 g/mol. The summed E-state index contributed by atoms with van der Waals surface area (Å²) in [5, 5.41) is 0. The summed E-state index contributed by atoms with van der Waals surface area (Å²) in [5.41, 5.74) is 1.47. The van der Waals surface area contributed by atoms with Gasteiger partial charge in [-0.05, 0) is 67.5 Å². The average Bonchev–Trinajstić information content (AvgIpc) is 2.83. The van der Waals surface area contributed by atoms with Crippen LogP contribution in [0.2, 0.25) is 0 Å². The van der Waals surface area contributed by atoms with Gasteiger partial charge in [0.1, 0.15) is 16.5 Å². The number of benzene rings is 2. The van der Waals surface area contributed by atoms with Crippen LogP contribution in [-0.2, 0) is 16.4 Å². The predicted molar refractivity (Wildman–Crippen MR) is 126 cm³/mol. The summed E-state index contributed by atoms with van der Waals surface area (Å²) < 4.78 is 46.3. The second-order valence-corrected chi connectivity index (χ2v) is 10.3. The van der Waals surface area contributed by atoms with Crippen molar-refractivity contribution in [3.05, 3.63) is 59.4 Å². The molecule has 2 aromatic carbocycles. The molecule has 1 fully saturated rings. The lowest BCUT2D eigenvalue weighted by Gasteiger charge is -2.32. The van der Waals surface area contributed by atoms with E-state index in [1.807, 2.05) is 12.1 Å². The number of halogens is 1. The number of carbonyl (C=O) groups excluding carboxylic acids is 1. The number of hydrogen-bond donors (Lipinski definition) is 0. The fourth-order valence-corrected chi connectivity index (χ4v) is 5.86. The van der Waals surface area contributed by atoms with Crippen molar-refractivity contribution in [3.8, 4) is 5.75 Å². The van der Waals surface area contributed by atoms with Crippen molar-refractivity contribution >= 4 is 15.9 Å². The number of methoxy groups -OCH3 is 1. The molecule has 1 aliphatic heterocycles. The van der Waals surface area contributed by atoms with E-state index in [1.54, 1.807) is 25.9 Å². The first-order chi connectivity index (χ1) is 15.8. The summed E-state index contributed by atoms with van der Waals surface area (Å²) in [6.07, 6.45) is 3.83. The molecule has 1 amide bonds. The number of carbonyl (C=O) groups is 1. The highest BCUT2D eigenvalue weighted by atomic mass is 32.2. The number of piperidine rings is 1. The molecule has 8 heteroatoms. The minimum Gasteiger partial charge on any atom is -0.497 e. The number of rotatable bonds is 9. The number of amides is 1. The molecule has 1 saturated heterocycles. The van der Waals surface area contributed by atoms with Crippen LogP contribution in [0.4, 0.5) is 4.39 Å². The molecule has 1 aliphatic rings. The zero-order chi connectivity index (χ0) is 24.0. The van der Waals surface area contributed by atoms with Gasteiger partial charge < -0.3 is 9.64 Å². The van der Waals surface area contributed by atoms with E-state index in [2.05, 4.69) is 12.1 Å². The van der Waals surface area contributed by atoms with Crippen molar-refractivity contribution in [1.29, 1.82) is 0 Å². The Labute approximate surface area is 196 Å². The van der Waals surface area contributed by atoms with Crippen LogP contribution in [-0.4, -0.2) is 56.8 Å². The van der Waals surface area contributed by atoms with Crippen LogP contribution < -0.4 is 4.74 Å². The molecule has 0 radical (unpaired) electrons. The van der Waals surface area contributed by atoms with Crippen molar-refractivity contribution in [1.82, 2.24) is 9.21 Å². The SMILES string of the molecule is CCN(CC)S(=O)(=O)c1cc(C(=O)N2CCC(CCc3ccc(OC)cc3)CC2)ccc1F. The molecule has 2 aromatic rings. The van der Waals surface area contributed by atoms with Crippen molar-refractivity contribution < 1.29 is 22.3 Å². The Morgan fingerprint density at radius 1 is 1.09 bits per heavy atom. The average molecular weight is 477 g/mol. The quantitative estimate of drug-likeness (QED) is 0.540. The molecule has 0 aromatic heterocycles. The zero-order valence-corrected chi connectivity index (χ0v) is 20.4. The number of nitrogens with zero attached hydrogens (tertiary/aromatic N) is 2. The predicted octanol–water partition coefficient (Wildman–Crippen LogP) is 4.35. The summed E-state index contributed by atoms with van der Waals surface area (Å²) in [4.78, 5) is 14.3. The molecule has 6 nitrogen and oxygen atoms in total. The minimum absolute atomic E-state index is 0.207. The van der Waals surface area contributed by atoms with Crippen LogP contribution >= 0.6 is 0 Å². The topological polar surface area (TPSA) is 66.9 Å². The Kier molecular flexibility index (Phi) is 8.48. The van der Waals surface area contributed by atoms with Gasteiger partial charge in [-0.1, -0.05) is 26.0 Å². The van der Waals surface area contributed by atoms with Crippen LogP contribution in [0.5, 0.6) is 5.75 Å². The van der Waals surface area contributed by atoms with Crippen molar-refractivity contribution in [2.45, 2.75) is 44.4 Å². The molecule has 0 atom stereocenters. The van der Waals surface area contributed by atoms with Gasteiger partial charge >= 0.3 is 0 Å². The number of aryl methyl sites for hydroxylation is 1. The van der Waals surface area contributed by atoms with E-state index in [1.165, 1.54) is 22.0 Å². The second-order valence-electron chi connectivity index (χ2n) is 8.36. The van der Waals surface area contributed by atoms with Crippen molar-refractivity contribution in [2.75, 3.05) is 33.3 Å². The van der Waals surface area contributed by atoms with Gasteiger partial charge in [-0.15, -0.1) is 0 Å². The van der Waals surface area contributed by atoms with Gasteiger partial charge in [0, 0.05) is 31.7 Å². The Bertz CT molecular complexity index is 1040. The van der Waals surface area contributed by atoms with Gasteiger partial charge in [-0.25, -0.2) is 12.8 Å². The van der Waals surface area contributed by atoms with E-state index in [9.17, 15) is 17.6 Å². The lowest BCUT2D eigenvalue weighted by molar-refractivity contribution is 0.0686. The molecule has 0 saturated carbocycles. The van der Waals surface area contributed by atoms with E-state index in [0.29, 0.717) is 19.0 Å². The smallest absolute Gasteiger partial charge is 0.253 e. The number of ether oxygens (including phenoxy) is 1. The van der Waals surface area contributed by atoms with Crippen LogP contribution in [0.1, 0.15) is 49.0 Å². The van der Waals surface area contributed by atoms with Gasteiger partial charge in [-0.2, -0.15) is 4.31 Å². The fraction of sp³-hybridized carbons (Fsp3) is 0.480. The Balaban J connectivity index is 1.61. The molecule has 0 aliphatic carbocycles. The molecule has 1 heterocycles. The van der Waals surface area contributed by atoms with Gasteiger partial charge in [0.25, 0.3) is 5.91 Å². The summed E-state index contributed by atoms with van der Waals surface area (Å²) in [6.45, 7) is 5.10. The number of hydrogen-bond acceptors (Lipinski definition) is 4. The first kappa shape index (κ1) is 25.2. The van der Waals surface area contributed by atoms with Gasteiger partial charge in [-0.3, -0.25) is 4.79 Å². The van der Waals surface area contributed by atoms with Crippen molar-refractivity contribution in [3.63, 3.8) is 0 Å². The van der Waals surface area contributed by atoms with Crippen LogP contribution in [0, 0.1) is 11.7 Å². The maximum absolute atomic E-state index is 14.4. The maximum atomic E-state index is 14.4. The lowest BCUT2D eigenvalue weighted by Crippen LogP contribution is -2.38. The minimum atomic E-state index is -3.99. The Hall–Kier alpha value is -2.45. The summed E-state index contributed by atoms with van der Waals surface area (Å²) in [6, 6.07) is 11.7. The first-order valence-electron chi connectivity index (χ1n) is 11.5. The summed E-state index contributed by atoms with van der Waals surface area (Å²) in [5.74, 6) is 0.290. The number of likely N-dealkylation sites (tertiary alicyclic amines) is 1. The molecule has 33 heavy (non-hydrogen) atoms. The lowest BCUT2D eigenvalue weighted by atomic mass is 9.90. The normalized spacial score (nSPS) is 15.1. The van der Waals surface area contributed by atoms with Crippen LogP contribution in [0.25, 0.3) is 0 Å². The van der Waals surface area contributed by atoms with E-state index >= 15 is 0 Å². The first-order valence-corrected chi connectivity index (χ1v) is 13.0. The molecule has 0 unspecified atom stereocenters. The molecule has 3 rings (SSSR count). The summed E-state index contributed by atoms with van der Waals surface area (Å²) in [7, 11) is -2.33. The van der Waals surface area contributed by atoms with Crippen LogP contribution in [0.15, 0.2) is 47.4 Å². The fourth-order valence-electron chi connectivity index (χ4n) is 4.31. The molecule has 0 bridgehead atoms. The van der Waals surface area contributed by atoms with Gasteiger partial charge in [0.05, 0.1) is 7.11 Å². The van der Waals surface area contributed by atoms with E-state index < -0.39 is 20.7 Å². The molecular weight excluding hydrogens is 443 g/mol. The van der Waals surface area contributed by atoms with E-state index in [0.717, 1.165) is 37.5 Å². The Morgan fingerprint density at radius 2 is 1.73 bits per heavy atom. The molecule has 180 valence electrons. The van der Waals surface area contributed by atoms with Gasteiger partial charge in [0.2, 0.25) is 10.0 Å². The largest absolute Gasteiger partial charge is 0.497 e. The third kappa shape index (κ3) is 5.92. The second kappa shape index (κ2) is 11.1. The molecule has 0 spiro atoms. The zero-order valence-electron chi connectivity index (χ0n) is 19.6. The molecule has 0 N–H and O–H groups in total. The van der Waals surface area contributed by atoms with Crippen LogP contribution in [0.3, 0.4) is 0 Å². The highest BCUT2D eigenvalue weighted by Crippen LogP contribution is 2.26. The van der Waals surface area contributed by atoms with E-state index in [-0.39, 0.29) is 24.6 Å². The highest BCUT2D eigenvalue weighted by molar-refractivity contribution is 7.89. The van der Waals surface area contributed by atoms with Crippen molar-refractivity contribution in [2.24, 2.45) is 5.92 Å². The molecular formula is C25H33FN2O4S. The Morgan fingerprint density at radius 3 is 2.30 bits per heavy atom. The third-order valence-electron chi connectivity index (χ3n) is 6.40. The third-order valence-corrected chi connectivity index (χ3v) is 8.47. The summed E-state index contributed by atoms with van der Waals surface area (Å²) >= 11 is 0. The standard InChI is InChI=1S/C25H33FN2O4S/c1-4-28(5-2)33(30,31)24-18-21(10-13-23(24)26)25(29)27-16-14-20(15-17-27)7-6-19-8-11-22(32-3)12-9-19/h8-13,18,20H,4-7,14-17H2,1-3H3. The maximum Gasteiger partial charge on any atom is 0.253 e.